The van der Waals surface area contributed by atoms with Gasteiger partial charge in [0.05, 0.1) is 43.4 Å². The highest BCUT2D eigenvalue weighted by Gasteiger charge is 2.32. The maximum atomic E-state index is 14.4. The van der Waals surface area contributed by atoms with Crippen molar-refractivity contribution in [1.29, 1.82) is 0 Å². The lowest BCUT2D eigenvalue weighted by Gasteiger charge is -2.36. The van der Waals surface area contributed by atoms with Crippen LogP contribution in [0.2, 0.25) is 0 Å². The summed E-state index contributed by atoms with van der Waals surface area (Å²) in [5.74, 6) is -0.682. The number of aliphatic hydroxyl groups excluding tert-OH is 1. The van der Waals surface area contributed by atoms with Crippen LogP contribution < -0.4 is 15.4 Å². The molecule has 10 heteroatoms. The van der Waals surface area contributed by atoms with Crippen LogP contribution in [0, 0.1) is 11.6 Å². The summed E-state index contributed by atoms with van der Waals surface area (Å²) in [5.41, 5.74) is 2.74. The van der Waals surface area contributed by atoms with E-state index in [4.69, 9.17) is 14.6 Å². The quantitative estimate of drug-likeness (QED) is 0.279. The molecule has 8 nitrogen and oxygen atoms in total. The molecule has 1 unspecified atom stereocenters. The number of hydrogen-bond acceptors (Lipinski definition) is 7. The molecule has 0 saturated carbocycles. The number of ether oxygens (including phenoxy) is 2. The largest absolute Gasteiger partial charge is 0.481 e. The van der Waals surface area contributed by atoms with Gasteiger partial charge in [-0.3, -0.25) is 9.78 Å². The lowest BCUT2D eigenvalue weighted by atomic mass is 9.91. The normalized spacial score (nSPS) is 19.9. The van der Waals surface area contributed by atoms with Gasteiger partial charge in [0.2, 0.25) is 11.8 Å². The van der Waals surface area contributed by atoms with Gasteiger partial charge < -0.3 is 25.2 Å². The van der Waals surface area contributed by atoms with Gasteiger partial charge in [-0.1, -0.05) is 19.1 Å². The van der Waals surface area contributed by atoms with Crippen LogP contribution >= 0.6 is 0 Å². The van der Waals surface area contributed by atoms with Crippen LogP contribution in [-0.2, 0) is 9.53 Å². The van der Waals surface area contributed by atoms with Crippen molar-refractivity contribution in [3.8, 4) is 5.88 Å². The summed E-state index contributed by atoms with van der Waals surface area (Å²) in [4.78, 5) is 21.4. The van der Waals surface area contributed by atoms with Crippen molar-refractivity contribution in [2.24, 2.45) is 0 Å². The average molecular weight is 569 g/mol. The number of nitrogens with zero attached hydrogens (tertiary/aromatic N) is 2. The zero-order valence-corrected chi connectivity index (χ0v) is 23.5. The molecule has 220 valence electrons. The second kappa shape index (κ2) is 15.0. The fraction of sp³-hybridized carbons (Fsp3) is 0.452. The summed E-state index contributed by atoms with van der Waals surface area (Å²) in [6.45, 7) is 2.56. The predicted molar refractivity (Wildman–Crippen MR) is 154 cm³/mol. The Balaban J connectivity index is 1.43. The number of methoxy groups -OCH3 is 1. The second-order valence-electron chi connectivity index (χ2n) is 10.2. The molecule has 1 aromatic carbocycles. The molecule has 1 aliphatic rings. The van der Waals surface area contributed by atoms with Gasteiger partial charge >= 0.3 is 0 Å². The minimum Gasteiger partial charge on any atom is -0.481 e. The van der Waals surface area contributed by atoms with Crippen LogP contribution in [0.5, 0.6) is 5.88 Å². The van der Waals surface area contributed by atoms with Crippen LogP contribution in [-0.4, -0.2) is 66.0 Å². The number of benzene rings is 1. The molecular weight excluding hydrogens is 530 g/mol. The molecule has 0 bridgehead atoms. The molecule has 1 aliphatic heterocycles. The molecule has 3 aromatic rings. The number of nitrogens with one attached hydrogen (secondary N) is 2. The van der Waals surface area contributed by atoms with E-state index in [-0.39, 0.29) is 43.5 Å². The van der Waals surface area contributed by atoms with Crippen molar-refractivity contribution >= 4 is 23.0 Å². The minimum absolute atomic E-state index is 0.0953. The topological polar surface area (TPSA) is 106 Å². The predicted octanol–water partition coefficient (Wildman–Crippen LogP) is 4.52. The van der Waals surface area contributed by atoms with Crippen molar-refractivity contribution in [1.82, 2.24) is 20.6 Å². The van der Waals surface area contributed by atoms with Gasteiger partial charge in [-0.25, -0.2) is 13.8 Å². The minimum atomic E-state index is -0.448. The Morgan fingerprint density at radius 2 is 2.07 bits per heavy atom. The molecule has 41 heavy (non-hydrogen) atoms. The van der Waals surface area contributed by atoms with E-state index in [0.29, 0.717) is 30.8 Å². The number of aliphatic hydroxyl groups is 1. The number of aromatic nitrogens is 2. The fourth-order valence-electron chi connectivity index (χ4n) is 5.27. The smallest absolute Gasteiger partial charge is 0.222 e. The van der Waals surface area contributed by atoms with Crippen LogP contribution in [0.3, 0.4) is 0 Å². The number of pyridine rings is 2. The highest BCUT2D eigenvalue weighted by atomic mass is 19.1. The Morgan fingerprint density at radius 3 is 2.85 bits per heavy atom. The Bertz CT molecular complexity index is 1340. The van der Waals surface area contributed by atoms with E-state index in [0.717, 1.165) is 35.5 Å². The molecular formula is C31H38F2N4O4. The third kappa shape index (κ3) is 8.28. The third-order valence-corrected chi connectivity index (χ3v) is 7.46. The van der Waals surface area contributed by atoms with E-state index >= 15 is 0 Å². The van der Waals surface area contributed by atoms with E-state index in [9.17, 15) is 13.6 Å². The van der Waals surface area contributed by atoms with Crippen molar-refractivity contribution in [3.05, 3.63) is 71.4 Å². The van der Waals surface area contributed by atoms with Crippen LogP contribution in [0.1, 0.15) is 56.1 Å². The van der Waals surface area contributed by atoms with Gasteiger partial charge in [-0.05, 0) is 74.0 Å². The Kier molecular flexibility index (Phi) is 11.1. The van der Waals surface area contributed by atoms with Crippen LogP contribution in [0.25, 0.3) is 17.1 Å². The number of amides is 1. The monoisotopic (exact) mass is 568 g/mol. The van der Waals surface area contributed by atoms with Crippen molar-refractivity contribution in [2.75, 3.05) is 26.8 Å². The Morgan fingerprint density at radius 1 is 1.22 bits per heavy atom. The zero-order chi connectivity index (χ0) is 29.2. The second-order valence-corrected chi connectivity index (χ2v) is 10.2. The van der Waals surface area contributed by atoms with Crippen LogP contribution in [0.15, 0.2) is 48.7 Å². The number of carbonyl (C=O) groups is 1. The molecule has 4 rings (SSSR count). The van der Waals surface area contributed by atoms with Gasteiger partial charge in [-0.15, -0.1) is 0 Å². The summed E-state index contributed by atoms with van der Waals surface area (Å²) in [6.07, 6.45) is 7.96. The molecule has 0 spiro atoms. The first-order valence-electron chi connectivity index (χ1n) is 14.1. The molecule has 1 amide bonds. The highest BCUT2D eigenvalue weighted by molar-refractivity contribution is 5.84. The standard InChI is InChI=1S/C31H38F2N4O4/c1-3-20(24-18-22(32)5-8-25(24)33)12-14-34-26-9-7-23(41-28(26)19-29(39)36-16-17-38)6-4-21-13-15-35-27-10-11-30(40-2)37-31(21)27/h4-6,8,10-11,13,15,18,20,23,26,28,34,38H,3,7,9,12,14,16-17,19H2,1-2H3,(H,36,39)/b6-4+/t20?,23-,26-,28-/m1/s1. The maximum Gasteiger partial charge on any atom is 0.222 e. The summed E-state index contributed by atoms with van der Waals surface area (Å²) in [7, 11) is 1.57. The highest BCUT2D eigenvalue weighted by Crippen LogP contribution is 2.28. The van der Waals surface area contributed by atoms with Crippen LogP contribution in [0.4, 0.5) is 8.78 Å². The summed E-state index contributed by atoms with van der Waals surface area (Å²) in [6, 6.07) is 8.99. The molecule has 0 radical (unpaired) electrons. The molecule has 0 aliphatic carbocycles. The molecule has 1 saturated heterocycles. The van der Waals surface area contributed by atoms with Gasteiger partial charge in [-0.2, -0.15) is 0 Å². The number of carbonyl (C=O) groups excluding carboxylic acids is 1. The molecule has 4 atom stereocenters. The first-order chi connectivity index (χ1) is 19.9. The number of halogens is 2. The van der Waals surface area contributed by atoms with Gasteiger partial charge in [0, 0.05) is 30.4 Å². The molecule has 3 N–H and O–H groups in total. The van der Waals surface area contributed by atoms with E-state index in [1.807, 2.05) is 31.2 Å². The average Bonchev–Trinajstić information content (AvgIpc) is 2.99. The lowest BCUT2D eigenvalue weighted by molar-refractivity contribution is -0.127. The van der Waals surface area contributed by atoms with Gasteiger partial charge in [0.25, 0.3) is 0 Å². The van der Waals surface area contributed by atoms with Crippen molar-refractivity contribution < 1.29 is 28.2 Å². The van der Waals surface area contributed by atoms with Gasteiger partial charge in [0.15, 0.2) is 0 Å². The summed E-state index contributed by atoms with van der Waals surface area (Å²) < 4.78 is 39.8. The van der Waals surface area contributed by atoms with Gasteiger partial charge in [0.1, 0.15) is 11.6 Å². The fourth-order valence-corrected chi connectivity index (χ4v) is 5.27. The van der Waals surface area contributed by atoms with E-state index in [2.05, 4.69) is 20.6 Å². The SMILES string of the molecule is CCC(CCN[C@@H]1CC[C@@H](/C=C/c2ccnc3ccc(OC)nc23)O[C@@H]1CC(=O)NCCO)c1cc(F)ccc1F. The molecule has 1 fully saturated rings. The van der Waals surface area contributed by atoms with E-state index < -0.39 is 17.7 Å². The maximum absolute atomic E-state index is 14.4. The summed E-state index contributed by atoms with van der Waals surface area (Å²) >= 11 is 0. The Labute approximate surface area is 239 Å². The Hall–Kier alpha value is -3.47. The first-order valence-corrected chi connectivity index (χ1v) is 14.1. The number of hydrogen-bond donors (Lipinski definition) is 3. The van der Waals surface area contributed by atoms with E-state index in [1.165, 1.54) is 12.1 Å². The van der Waals surface area contributed by atoms with Crippen molar-refractivity contribution in [2.45, 2.75) is 63.2 Å². The van der Waals surface area contributed by atoms with Crippen molar-refractivity contribution in [3.63, 3.8) is 0 Å². The zero-order valence-electron chi connectivity index (χ0n) is 23.5. The first kappa shape index (κ1) is 30.5. The van der Waals surface area contributed by atoms with E-state index in [1.54, 1.807) is 19.4 Å². The summed E-state index contributed by atoms with van der Waals surface area (Å²) in [5, 5.41) is 15.3. The number of fused-ring (bicyclic) bond motifs is 1. The lowest BCUT2D eigenvalue weighted by Crippen LogP contribution is -2.49. The molecule has 3 heterocycles. The third-order valence-electron chi connectivity index (χ3n) is 7.46. The number of rotatable bonds is 13. The molecule has 2 aromatic heterocycles.